The SMILES string of the molecule is NC(c1cncnc1)C1CCCCC1C(F)(F)F. The van der Waals surface area contributed by atoms with Gasteiger partial charge in [-0.05, 0) is 18.8 Å². The monoisotopic (exact) mass is 259 g/mol. The molecule has 2 rings (SSSR count). The third-order valence-corrected chi connectivity index (χ3v) is 3.67. The average Bonchev–Trinajstić information content (AvgIpc) is 2.38. The molecule has 0 amide bonds. The fraction of sp³-hybridized carbons (Fsp3) is 0.667. The first-order valence-electron chi connectivity index (χ1n) is 6.07. The molecule has 1 heterocycles. The number of alkyl halides is 3. The van der Waals surface area contributed by atoms with E-state index in [1.807, 2.05) is 0 Å². The highest BCUT2D eigenvalue weighted by atomic mass is 19.4. The maximum Gasteiger partial charge on any atom is 0.392 e. The van der Waals surface area contributed by atoms with Crippen LogP contribution in [0.25, 0.3) is 0 Å². The molecule has 3 atom stereocenters. The van der Waals surface area contributed by atoms with Crippen LogP contribution in [0.3, 0.4) is 0 Å². The van der Waals surface area contributed by atoms with Crippen LogP contribution in [0.2, 0.25) is 0 Å². The smallest absolute Gasteiger partial charge is 0.324 e. The maximum absolute atomic E-state index is 13.0. The summed E-state index contributed by atoms with van der Waals surface area (Å²) in [5, 5.41) is 0. The van der Waals surface area contributed by atoms with Crippen LogP contribution in [-0.4, -0.2) is 16.1 Å². The van der Waals surface area contributed by atoms with Crippen LogP contribution >= 0.6 is 0 Å². The van der Waals surface area contributed by atoms with E-state index in [-0.39, 0.29) is 6.42 Å². The second-order valence-electron chi connectivity index (χ2n) is 4.79. The van der Waals surface area contributed by atoms with E-state index in [2.05, 4.69) is 9.97 Å². The summed E-state index contributed by atoms with van der Waals surface area (Å²) < 4.78 is 38.9. The van der Waals surface area contributed by atoms with Gasteiger partial charge in [0.2, 0.25) is 0 Å². The standard InChI is InChI=1S/C12H16F3N3/c13-12(14,15)10-4-2-1-3-9(10)11(16)8-5-17-7-18-6-8/h5-7,9-11H,1-4,16H2. The van der Waals surface area contributed by atoms with E-state index in [9.17, 15) is 13.2 Å². The number of nitrogens with two attached hydrogens (primary N) is 1. The number of aromatic nitrogens is 2. The Morgan fingerprint density at radius 3 is 2.39 bits per heavy atom. The van der Waals surface area contributed by atoms with E-state index >= 15 is 0 Å². The predicted octanol–water partition coefficient (Wildman–Crippen LogP) is 2.85. The maximum atomic E-state index is 13.0. The Labute approximate surface area is 104 Å². The minimum absolute atomic E-state index is 0.176. The zero-order valence-corrected chi connectivity index (χ0v) is 9.90. The van der Waals surface area contributed by atoms with Gasteiger partial charge in [0.05, 0.1) is 5.92 Å². The summed E-state index contributed by atoms with van der Waals surface area (Å²) in [7, 11) is 0. The highest BCUT2D eigenvalue weighted by Gasteiger charge is 2.47. The first kappa shape index (κ1) is 13.3. The number of hydrogen-bond donors (Lipinski definition) is 1. The Morgan fingerprint density at radius 1 is 1.17 bits per heavy atom. The van der Waals surface area contributed by atoms with E-state index in [0.717, 1.165) is 6.42 Å². The Kier molecular flexibility index (Phi) is 3.85. The molecule has 0 radical (unpaired) electrons. The number of hydrogen-bond acceptors (Lipinski definition) is 3. The second-order valence-corrected chi connectivity index (χ2v) is 4.79. The molecule has 1 aromatic heterocycles. The van der Waals surface area contributed by atoms with E-state index < -0.39 is 24.1 Å². The zero-order chi connectivity index (χ0) is 13.2. The molecule has 1 aliphatic carbocycles. The third-order valence-electron chi connectivity index (χ3n) is 3.67. The predicted molar refractivity (Wildman–Crippen MR) is 60.5 cm³/mol. The summed E-state index contributed by atoms with van der Waals surface area (Å²) in [5.74, 6) is -1.87. The van der Waals surface area contributed by atoms with Crippen molar-refractivity contribution in [3.63, 3.8) is 0 Å². The highest BCUT2D eigenvalue weighted by Crippen LogP contribution is 2.45. The fourth-order valence-corrected chi connectivity index (χ4v) is 2.73. The Hall–Kier alpha value is -1.17. The molecule has 2 N–H and O–H groups in total. The molecule has 1 aliphatic rings. The van der Waals surface area contributed by atoms with E-state index in [4.69, 9.17) is 5.73 Å². The van der Waals surface area contributed by atoms with Crippen molar-refractivity contribution >= 4 is 0 Å². The lowest BCUT2D eigenvalue weighted by atomic mass is 9.73. The minimum atomic E-state index is -4.17. The molecular formula is C12H16F3N3. The van der Waals surface area contributed by atoms with Crippen molar-refractivity contribution in [3.05, 3.63) is 24.3 Å². The third kappa shape index (κ3) is 2.80. The summed E-state index contributed by atoms with van der Waals surface area (Å²) in [5.41, 5.74) is 6.56. The molecule has 0 bridgehead atoms. The van der Waals surface area contributed by atoms with Crippen LogP contribution < -0.4 is 5.73 Å². The van der Waals surface area contributed by atoms with Crippen LogP contribution in [0.4, 0.5) is 13.2 Å². The fourth-order valence-electron chi connectivity index (χ4n) is 2.73. The Balaban J connectivity index is 2.19. The highest BCUT2D eigenvalue weighted by molar-refractivity contribution is 5.11. The first-order chi connectivity index (χ1) is 8.50. The van der Waals surface area contributed by atoms with Crippen molar-refractivity contribution in [2.24, 2.45) is 17.6 Å². The van der Waals surface area contributed by atoms with Gasteiger partial charge < -0.3 is 5.73 Å². The van der Waals surface area contributed by atoms with Gasteiger partial charge in [-0.1, -0.05) is 12.8 Å². The van der Waals surface area contributed by atoms with Crippen molar-refractivity contribution in [1.82, 2.24) is 9.97 Å². The molecule has 6 heteroatoms. The Bertz CT molecular complexity index is 380. The number of halogens is 3. The van der Waals surface area contributed by atoms with Gasteiger partial charge in [-0.2, -0.15) is 13.2 Å². The summed E-state index contributed by atoms with van der Waals surface area (Å²) in [6.07, 6.45) is 2.29. The van der Waals surface area contributed by atoms with Crippen LogP contribution in [0.15, 0.2) is 18.7 Å². The van der Waals surface area contributed by atoms with Crippen LogP contribution in [0.5, 0.6) is 0 Å². The van der Waals surface area contributed by atoms with Gasteiger partial charge in [0.1, 0.15) is 6.33 Å². The summed E-state index contributed by atoms with van der Waals surface area (Å²) in [6.45, 7) is 0. The zero-order valence-electron chi connectivity index (χ0n) is 9.90. The second kappa shape index (κ2) is 5.22. The molecule has 3 nitrogen and oxygen atoms in total. The van der Waals surface area contributed by atoms with Crippen LogP contribution in [0, 0.1) is 11.8 Å². The average molecular weight is 259 g/mol. The van der Waals surface area contributed by atoms with Crippen molar-refractivity contribution in [2.75, 3.05) is 0 Å². The normalized spacial score (nSPS) is 26.9. The lowest BCUT2D eigenvalue weighted by Gasteiger charge is -2.36. The number of nitrogens with zero attached hydrogens (tertiary/aromatic N) is 2. The lowest BCUT2D eigenvalue weighted by Crippen LogP contribution is -2.38. The van der Waals surface area contributed by atoms with Gasteiger partial charge in [-0.3, -0.25) is 0 Å². The first-order valence-corrected chi connectivity index (χ1v) is 6.07. The van der Waals surface area contributed by atoms with Gasteiger partial charge in [0.25, 0.3) is 0 Å². The number of rotatable bonds is 2. The van der Waals surface area contributed by atoms with Gasteiger partial charge in [0.15, 0.2) is 0 Å². The van der Waals surface area contributed by atoms with Crippen molar-refractivity contribution in [2.45, 2.75) is 37.9 Å². The van der Waals surface area contributed by atoms with Gasteiger partial charge in [0, 0.05) is 24.0 Å². The van der Waals surface area contributed by atoms with Gasteiger partial charge in [-0.15, -0.1) is 0 Å². The summed E-state index contributed by atoms with van der Waals surface area (Å²) >= 11 is 0. The lowest BCUT2D eigenvalue weighted by molar-refractivity contribution is -0.198. The van der Waals surface area contributed by atoms with Crippen molar-refractivity contribution in [3.8, 4) is 0 Å². The van der Waals surface area contributed by atoms with E-state index in [1.165, 1.54) is 18.7 Å². The molecule has 1 fully saturated rings. The van der Waals surface area contributed by atoms with Gasteiger partial charge >= 0.3 is 6.18 Å². The molecule has 0 spiro atoms. The van der Waals surface area contributed by atoms with Crippen molar-refractivity contribution in [1.29, 1.82) is 0 Å². The topological polar surface area (TPSA) is 51.8 Å². The van der Waals surface area contributed by atoms with Crippen LogP contribution in [0.1, 0.15) is 37.3 Å². The molecule has 1 aromatic rings. The molecule has 3 unspecified atom stereocenters. The van der Waals surface area contributed by atoms with Crippen molar-refractivity contribution < 1.29 is 13.2 Å². The molecule has 0 aliphatic heterocycles. The molecule has 1 saturated carbocycles. The Morgan fingerprint density at radius 2 is 1.78 bits per heavy atom. The molecule has 0 aromatic carbocycles. The minimum Gasteiger partial charge on any atom is -0.324 e. The summed E-state index contributed by atoms with van der Waals surface area (Å²) in [4.78, 5) is 7.63. The molecule has 0 saturated heterocycles. The molecular weight excluding hydrogens is 243 g/mol. The largest absolute Gasteiger partial charge is 0.392 e. The van der Waals surface area contributed by atoms with E-state index in [1.54, 1.807) is 0 Å². The van der Waals surface area contributed by atoms with Gasteiger partial charge in [-0.25, -0.2) is 9.97 Å². The molecule has 18 heavy (non-hydrogen) atoms. The van der Waals surface area contributed by atoms with Crippen LogP contribution in [-0.2, 0) is 0 Å². The molecule has 100 valence electrons. The quantitative estimate of drug-likeness (QED) is 0.888. The van der Waals surface area contributed by atoms with E-state index in [0.29, 0.717) is 18.4 Å². The summed E-state index contributed by atoms with van der Waals surface area (Å²) in [6, 6.07) is -0.641.